The van der Waals surface area contributed by atoms with Gasteiger partial charge in [0.2, 0.25) is 0 Å². The predicted molar refractivity (Wildman–Crippen MR) is 68.9 cm³/mol. The summed E-state index contributed by atoms with van der Waals surface area (Å²) in [6, 6.07) is 8.02. The third-order valence-electron chi connectivity index (χ3n) is 2.16. The fourth-order valence-electron chi connectivity index (χ4n) is 1.33. The first kappa shape index (κ1) is 13.6. The second kappa shape index (κ2) is 6.94. The van der Waals surface area contributed by atoms with E-state index in [-0.39, 0.29) is 6.10 Å². The summed E-state index contributed by atoms with van der Waals surface area (Å²) < 4.78 is 5.38. The van der Waals surface area contributed by atoms with Crippen LogP contribution in [0.1, 0.15) is 32.4 Å². The molecule has 1 aromatic rings. The molecule has 1 rings (SSSR count). The summed E-state index contributed by atoms with van der Waals surface area (Å²) in [6.07, 6.45) is -0.368. The minimum absolute atomic E-state index is 0.157. The summed E-state index contributed by atoms with van der Waals surface area (Å²) in [5.41, 5.74) is 0.918. The van der Waals surface area contributed by atoms with Crippen molar-refractivity contribution in [2.45, 2.75) is 37.9 Å². The van der Waals surface area contributed by atoms with Crippen LogP contribution in [0.3, 0.4) is 0 Å². The van der Waals surface area contributed by atoms with E-state index in [0.717, 1.165) is 11.3 Å². The van der Waals surface area contributed by atoms with E-state index < -0.39 is 6.10 Å². The van der Waals surface area contributed by atoms with Gasteiger partial charge >= 0.3 is 0 Å². The highest BCUT2D eigenvalue weighted by atomic mass is 32.2. The topological polar surface area (TPSA) is 29.5 Å². The highest BCUT2D eigenvalue weighted by Gasteiger charge is 2.08. The van der Waals surface area contributed by atoms with Gasteiger partial charge < -0.3 is 9.84 Å². The molecule has 0 fully saturated rings. The Balaban J connectivity index is 2.52. The smallest absolute Gasteiger partial charge is 0.102 e. The fourth-order valence-corrected chi connectivity index (χ4v) is 1.99. The Morgan fingerprint density at radius 3 is 2.38 bits per heavy atom. The van der Waals surface area contributed by atoms with Crippen LogP contribution in [0, 0.1) is 0 Å². The van der Waals surface area contributed by atoms with Gasteiger partial charge in [0.1, 0.15) is 6.10 Å². The quantitative estimate of drug-likeness (QED) is 0.774. The molecule has 0 amide bonds. The molecule has 0 saturated carbocycles. The second-order valence-electron chi connectivity index (χ2n) is 3.90. The fraction of sp³-hybridized carbons (Fsp3) is 0.538. The van der Waals surface area contributed by atoms with Crippen LogP contribution < -0.4 is 0 Å². The summed E-state index contributed by atoms with van der Waals surface area (Å²) in [6.45, 7) is 6.42. The standard InChI is InChI=1S/C13H20O2S/c1-4-16-12-7-5-11(6-8-12)13(14)9-15-10(2)3/h5-8,10,13-14H,4,9H2,1-3H3. The Bertz CT molecular complexity index is 295. The summed E-state index contributed by atoms with van der Waals surface area (Å²) in [5, 5.41) is 9.86. The third-order valence-corrected chi connectivity index (χ3v) is 3.06. The Labute approximate surface area is 102 Å². The number of benzene rings is 1. The lowest BCUT2D eigenvalue weighted by Crippen LogP contribution is -2.11. The van der Waals surface area contributed by atoms with Crippen LogP contribution in [0.15, 0.2) is 29.2 Å². The Morgan fingerprint density at radius 1 is 1.25 bits per heavy atom. The first-order valence-electron chi connectivity index (χ1n) is 5.66. The highest BCUT2D eigenvalue weighted by Crippen LogP contribution is 2.21. The number of rotatable bonds is 6. The maximum atomic E-state index is 9.86. The Hall–Kier alpha value is -0.510. The number of ether oxygens (including phenoxy) is 1. The van der Waals surface area contributed by atoms with Crippen molar-refractivity contribution >= 4 is 11.8 Å². The molecule has 16 heavy (non-hydrogen) atoms. The van der Waals surface area contributed by atoms with E-state index in [1.807, 2.05) is 38.1 Å². The van der Waals surface area contributed by atoms with E-state index in [9.17, 15) is 5.11 Å². The number of hydrogen-bond acceptors (Lipinski definition) is 3. The zero-order valence-electron chi connectivity index (χ0n) is 10.1. The van der Waals surface area contributed by atoms with Crippen molar-refractivity contribution < 1.29 is 9.84 Å². The van der Waals surface area contributed by atoms with E-state index in [0.29, 0.717) is 6.61 Å². The van der Waals surface area contributed by atoms with E-state index in [1.165, 1.54) is 4.90 Å². The van der Waals surface area contributed by atoms with Crippen molar-refractivity contribution in [1.82, 2.24) is 0 Å². The predicted octanol–water partition coefficient (Wildman–Crippen LogP) is 3.26. The Kier molecular flexibility index (Phi) is 5.88. The number of hydrogen-bond donors (Lipinski definition) is 1. The molecular formula is C13H20O2S. The van der Waals surface area contributed by atoms with Crippen molar-refractivity contribution in [3.8, 4) is 0 Å². The summed E-state index contributed by atoms with van der Waals surface area (Å²) in [5.74, 6) is 1.07. The van der Waals surface area contributed by atoms with Crippen LogP contribution in [-0.2, 0) is 4.74 Å². The van der Waals surface area contributed by atoms with Gasteiger partial charge in [0, 0.05) is 4.90 Å². The van der Waals surface area contributed by atoms with Gasteiger partial charge in [-0.15, -0.1) is 11.8 Å². The van der Waals surface area contributed by atoms with Crippen LogP contribution in [0.4, 0.5) is 0 Å². The van der Waals surface area contributed by atoms with Crippen LogP contribution in [0.25, 0.3) is 0 Å². The molecule has 0 aliphatic rings. The van der Waals surface area contributed by atoms with E-state index >= 15 is 0 Å². The van der Waals surface area contributed by atoms with Gasteiger partial charge in [-0.2, -0.15) is 0 Å². The molecule has 0 bridgehead atoms. The molecule has 0 aliphatic carbocycles. The van der Waals surface area contributed by atoms with E-state index in [2.05, 4.69) is 6.92 Å². The highest BCUT2D eigenvalue weighted by molar-refractivity contribution is 7.99. The molecule has 0 radical (unpaired) electrons. The van der Waals surface area contributed by atoms with E-state index in [1.54, 1.807) is 11.8 Å². The molecule has 0 aromatic heterocycles. The zero-order valence-corrected chi connectivity index (χ0v) is 11.0. The van der Waals surface area contributed by atoms with Crippen molar-refractivity contribution in [3.63, 3.8) is 0 Å². The lowest BCUT2D eigenvalue weighted by Gasteiger charge is -2.14. The van der Waals surface area contributed by atoms with Gasteiger partial charge in [0.25, 0.3) is 0 Å². The summed E-state index contributed by atoms with van der Waals surface area (Å²) >= 11 is 1.80. The second-order valence-corrected chi connectivity index (χ2v) is 5.24. The molecule has 1 aromatic carbocycles. The molecule has 1 atom stereocenters. The molecule has 0 heterocycles. The Morgan fingerprint density at radius 2 is 1.88 bits per heavy atom. The number of thioether (sulfide) groups is 1. The summed E-state index contributed by atoms with van der Waals surface area (Å²) in [7, 11) is 0. The maximum Gasteiger partial charge on any atom is 0.102 e. The SMILES string of the molecule is CCSc1ccc(C(O)COC(C)C)cc1. The molecule has 1 N–H and O–H groups in total. The molecule has 90 valence electrons. The minimum Gasteiger partial charge on any atom is -0.386 e. The molecule has 2 nitrogen and oxygen atoms in total. The molecular weight excluding hydrogens is 220 g/mol. The first-order chi connectivity index (χ1) is 7.63. The molecule has 0 aliphatic heterocycles. The van der Waals surface area contributed by atoms with E-state index in [4.69, 9.17) is 4.74 Å². The zero-order chi connectivity index (χ0) is 12.0. The molecule has 3 heteroatoms. The van der Waals surface area contributed by atoms with Gasteiger partial charge in [-0.1, -0.05) is 19.1 Å². The number of aliphatic hydroxyl groups is 1. The van der Waals surface area contributed by atoms with Crippen LogP contribution in [-0.4, -0.2) is 23.6 Å². The van der Waals surface area contributed by atoms with Crippen LogP contribution in [0.5, 0.6) is 0 Å². The van der Waals surface area contributed by atoms with Gasteiger partial charge in [0.05, 0.1) is 12.7 Å². The molecule has 0 spiro atoms. The first-order valence-corrected chi connectivity index (χ1v) is 6.64. The van der Waals surface area contributed by atoms with Crippen molar-refractivity contribution in [2.75, 3.05) is 12.4 Å². The van der Waals surface area contributed by atoms with Crippen molar-refractivity contribution in [2.24, 2.45) is 0 Å². The van der Waals surface area contributed by atoms with Crippen molar-refractivity contribution in [3.05, 3.63) is 29.8 Å². The van der Waals surface area contributed by atoms with Gasteiger partial charge in [0.15, 0.2) is 0 Å². The summed E-state index contributed by atoms with van der Waals surface area (Å²) in [4.78, 5) is 1.24. The molecule has 1 unspecified atom stereocenters. The van der Waals surface area contributed by atoms with Crippen molar-refractivity contribution in [1.29, 1.82) is 0 Å². The largest absolute Gasteiger partial charge is 0.386 e. The number of aliphatic hydroxyl groups excluding tert-OH is 1. The normalized spacial score (nSPS) is 13.1. The lowest BCUT2D eigenvalue weighted by molar-refractivity contribution is 0.00491. The van der Waals surface area contributed by atoms with Gasteiger partial charge in [-0.25, -0.2) is 0 Å². The minimum atomic E-state index is -0.525. The van der Waals surface area contributed by atoms with Gasteiger partial charge in [-0.05, 0) is 37.3 Å². The third kappa shape index (κ3) is 4.56. The van der Waals surface area contributed by atoms with Gasteiger partial charge in [-0.3, -0.25) is 0 Å². The van der Waals surface area contributed by atoms with Crippen LogP contribution >= 0.6 is 11.8 Å². The van der Waals surface area contributed by atoms with Crippen LogP contribution in [0.2, 0.25) is 0 Å². The maximum absolute atomic E-state index is 9.86. The average Bonchev–Trinajstić information content (AvgIpc) is 2.27. The average molecular weight is 240 g/mol. The lowest BCUT2D eigenvalue weighted by atomic mass is 10.1. The monoisotopic (exact) mass is 240 g/mol. The molecule has 0 saturated heterocycles.